The molecule has 1 saturated heterocycles. The standard InChI is InChI=1S/C13H25N5/c1-11(2)18(8-12-4-6-14-7-5-12)10-13-9-17(3)16-15-13/h9,11-12,14H,4-8,10H2,1-3H3. The lowest BCUT2D eigenvalue weighted by molar-refractivity contribution is 0.160. The number of aromatic nitrogens is 3. The summed E-state index contributed by atoms with van der Waals surface area (Å²) in [5.41, 5.74) is 1.07. The summed E-state index contributed by atoms with van der Waals surface area (Å²) in [6, 6.07) is 0.557. The van der Waals surface area contributed by atoms with E-state index in [1.165, 1.54) is 32.5 Å². The smallest absolute Gasteiger partial charge is 0.0967 e. The van der Waals surface area contributed by atoms with E-state index in [1.807, 2.05) is 13.2 Å². The first-order chi connectivity index (χ1) is 8.65. The molecule has 0 amide bonds. The largest absolute Gasteiger partial charge is 0.317 e. The average molecular weight is 251 g/mol. The summed E-state index contributed by atoms with van der Waals surface area (Å²) in [6.07, 6.45) is 4.60. The molecule has 18 heavy (non-hydrogen) atoms. The van der Waals surface area contributed by atoms with Crippen LogP contribution >= 0.6 is 0 Å². The average Bonchev–Trinajstić information content (AvgIpc) is 2.75. The van der Waals surface area contributed by atoms with Gasteiger partial charge in [-0.15, -0.1) is 5.10 Å². The van der Waals surface area contributed by atoms with Crippen molar-refractivity contribution in [2.75, 3.05) is 19.6 Å². The molecule has 1 aliphatic heterocycles. The van der Waals surface area contributed by atoms with Gasteiger partial charge in [0.15, 0.2) is 0 Å². The molecule has 1 aliphatic rings. The Balaban J connectivity index is 1.90. The lowest BCUT2D eigenvalue weighted by Crippen LogP contribution is -2.39. The van der Waals surface area contributed by atoms with E-state index in [9.17, 15) is 0 Å². The van der Waals surface area contributed by atoms with Crippen molar-refractivity contribution in [3.05, 3.63) is 11.9 Å². The second kappa shape index (κ2) is 6.29. The number of aryl methyl sites for hydroxylation is 1. The fraction of sp³-hybridized carbons (Fsp3) is 0.846. The number of piperidine rings is 1. The molecule has 0 saturated carbocycles. The molecule has 0 aromatic carbocycles. The van der Waals surface area contributed by atoms with Crippen LogP contribution in [0, 0.1) is 5.92 Å². The Kier molecular flexibility index (Phi) is 4.72. The quantitative estimate of drug-likeness (QED) is 0.849. The highest BCUT2D eigenvalue weighted by Crippen LogP contribution is 2.16. The van der Waals surface area contributed by atoms with E-state index in [4.69, 9.17) is 0 Å². The maximum absolute atomic E-state index is 4.19. The van der Waals surface area contributed by atoms with Crippen LogP contribution in [-0.4, -0.2) is 45.6 Å². The number of nitrogens with zero attached hydrogens (tertiary/aromatic N) is 4. The summed E-state index contributed by atoms with van der Waals surface area (Å²) in [7, 11) is 1.92. The Hall–Kier alpha value is -0.940. The molecular weight excluding hydrogens is 226 g/mol. The second-order valence-electron chi connectivity index (χ2n) is 5.60. The van der Waals surface area contributed by atoms with Gasteiger partial charge in [0, 0.05) is 32.4 Å². The summed E-state index contributed by atoms with van der Waals surface area (Å²) in [5, 5.41) is 11.6. The molecule has 5 nitrogen and oxygen atoms in total. The van der Waals surface area contributed by atoms with E-state index in [1.54, 1.807) is 4.68 Å². The lowest BCUT2D eigenvalue weighted by Gasteiger charge is -2.32. The van der Waals surface area contributed by atoms with Gasteiger partial charge in [-0.2, -0.15) is 0 Å². The van der Waals surface area contributed by atoms with Gasteiger partial charge in [-0.25, -0.2) is 0 Å². The van der Waals surface area contributed by atoms with Crippen LogP contribution < -0.4 is 5.32 Å². The molecule has 2 heterocycles. The molecule has 1 N–H and O–H groups in total. The van der Waals surface area contributed by atoms with Crippen molar-refractivity contribution in [1.82, 2.24) is 25.2 Å². The van der Waals surface area contributed by atoms with Crippen LogP contribution in [0.25, 0.3) is 0 Å². The molecule has 0 unspecified atom stereocenters. The van der Waals surface area contributed by atoms with Gasteiger partial charge >= 0.3 is 0 Å². The van der Waals surface area contributed by atoms with Crippen molar-refractivity contribution in [3.63, 3.8) is 0 Å². The number of nitrogens with one attached hydrogen (secondary N) is 1. The summed E-state index contributed by atoms with van der Waals surface area (Å²) in [6.45, 7) is 8.95. The van der Waals surface area contributed by atoms with Gasteiger partial charge in [-0.05, 0) is 45.7 Å². The van der Waals surface area contributed by atoms with Crippen LogP contribution in [0.1, 0.15) is 32.4 Å². The monoisotopic (exact) mass is 251 g/mol. The third kappa shape index (κ3) is 3.78. The van der Waals surface area contributed by atoms with Gasteiger partial charge in [0.05, 0.1) is 5.69 Å². The second-order valence-corrected chi connectivity index (χ2v) is 5.60. The van der Waals surface area contributed by atoms with E-state index in [2.05, 4.69) is 34.4 Å². The van der Waals surface area contributed by atoms with Crippen LogP contribution in [0.2, 0.25) is 0 Å². The normalized spacial score (nSPS) is 17.8. The molecule has 1 aromatic heterocycles. The topological polar surface area (TPSA) is 46.0 Å². The van der Waals surface area contributed by atoms with Crippen molar-refractivity contribution in [3.8, 4) is 0 Å². The molecule has 0 aliphatic carbocycles. The van der Waals surface area contributed by atoms with Gasteiger partial charge < -0.3 is 5.32 Å². The fourth-order valence-electron chi connectivity index (χ4n) is 2.53. The van der Waals surface area contributed by atoms with E-state index < -0.39 is 0 Å². The third-order valence-corrected chi connectivity index (χ3v) is 3.70. The summed E-state index contributed by atoms with van der Waals surface area (Å²) in [5.74, 6) is 0.824. The molecule has 0 spiro atoms. The van der Waals surface area contributed by atoms with Crippen molar-refractivity contribution in [2.24, 2.45) is 13.0 Å². The predicted octanol–water partition coefficient (Wildman–Crippen LogP) is 1.03. The molecule has 0 bridgehead atoms. The highest BCUT2D eigenvalue weighted by atomic mass is 15.4. The van der Waals surface area contributed by atoms with Gasteiger partial charge in [0.25, 0.3) is 0 Å². The van der Waals surface area contributed by atoms with Crippen molar-refractivity contribution >= 4 is 0 Å². The Morgan fingerprint density at radius 1 is 1.44 bits per heavy atom. The highest BCUT2D eigenvalue weighted by molar-refractivity contribution is 4.92. The lowest BCUT2D eigenvalue weighted by atomic mass is 9.97. The number of hydrogen-bond donors (Lipinski definition) is 1. The Labute approximate surface area is 110 Å². The minimum atomic E-state index is 0.557. The zero-order valence-corrected chi connectivity index (χ0v) is 11.8. The zero-order chi connectivity index (χ0) is 13.0. The molecule has 0 radical (unpaired) electrons. The summed E-state index contributed by atoms with van der Waals surface area (Å²) in [4.78, 5) is 2.51. The molecule has 1 fully saturated rings. The highest BCUT2D eigenvalue weighted by Gasteiger charge is 2.19. The first kappa shape index (κ1) is 13.5. The summed E-state index contributed by atoms with van der Waals surface area (Å²) < 4.78 is 1.78. The van der Waals surface area contributed by atoms with Crippen LogP contribution in [0.5, 0.6) is 0 Å². The van der Waals surface area contributed by atoms with Crippen molar-refractivity contribution in [1.29, 1.82) is 0 Å². The van der Waals surface area contributed by atoms with Crippen molar-refractivity contribution < 1.29 is 0 Å². The van der Waals surface area contributed by atoms with E-state index in [0.717, 1.165) is 18.2 Å². The molecule has 2 rings (SSSR count). The van der Waals surface area contributed by atoms with Crippen LogP contribution in [0.15, 0.2) is 6.20 Å². The van der Waals surface area contributed by atoms with Gasteiger partial charge in [0.2, 0.25) is 0 Å². The van der Waals surface area contributed by atoms with E-state index in [0.29, 0.717) is 6.04 Å². The zero-order valence-electron chi connectivity index (χ0n) is 11.8. The van der Waals surface area contributed by atoms with Gasteiger partial charge in [-0.3, -0.25) is 9.58 Å². The molecule has 5 heteroatoms. The SMILES string of the molecule is CC(C)N(Cc1cn(C)nn1)CC1CCNCC1. The minimum absolute atomic E-state index is 0.557. The van der Waals surface area contributed by atoms with E-state index in [-0.39, 0.29) is 0 Å². The Morgan fingerprint density at radius 3 is 2.72 bits per heavy atom. The number of hydrogen-bond acceptors (Lipinski definition) is 4. The van der Waals surface area contributed by atoms with Gasteiger partial charge in [-0.1, -0.05) is 5.21 Å². The predicted molar refractivity (Wildman–Crippen MR) is 72.1 cm³/mol. The Bertz CT molecular complexity index is 354. The summed E-state index contributed by atoms with van der Waals surface area (Å²) >= 11 is 0. The van der Waals surface area contributed by atoms with Crippen LogP contribution in [-0.2, 0) is 13.6 Å². The van der Waals surface area contributed by atoms with Crippen LogP contribution in [0.4, 0.5) is 0 Å². The Morgan fingerprint density at radius 2 is 2.17 bits per heavy atom. The number of rotatable bonds is 5. The molecule has 0 atom stereocenters. The maximum atomic E-state index is 4.19. The van der Waals surface area contributed by atoms with Crippen LogP contribution in [0.3, 0.4) is 0 Å². The van der Waals surface area contributed by atoms with Crippen molar-refractivity contribution in [2.45, 2.75) is 39.3 Å². The third-order valence-electron chi connectivity index (χ3n) is 3.70. The molecular formula is C13H25N5. The first-order valence-electron chi connectivity index (χ1n) is 6.95. The first-order valence-corrected chi connectivity index (χ1v) is 6.95. The fourth-order valence-corrected chi connectivity index (χ4v) is 2.53. The minimum Gasteiger partial charge on any atom is -0.317 e. The molecule has 1 aromatic rings. The molecule has 102 valence electrons. The maximum Gasteiger partial charge on any atom is 0.0967 e. The van der Waals surface area contributed by atoms with E-state index >= 15 is 0 Å². The van der Waals surface area contributed by atoms with Gasteiger partial charge in [0.1, 0.15) is 0 Å².